The van der Waals surface area contributed by atoms with Crippen LogP contribution in [-0.4, -0.2) is 18.1 Å². The Kier molecular flexibility index (Phi) is 6.23. The SMILES string of the molecule is Cc1cc(C)[n+](NC(=O)c2cccnc2)c(C)c1.F[B-](F)(F)F. The van der Waals surface area contributed by atoms with Gasteiger partial charge in [-0.05, 0) is 24.6 Å². The molecule has 4 nitrogen and oxygen atoms in total. The van der Waals surface area contributed by atoms with E-state index in [1.165, 1.54) is 5.56 Å². The highest BCUT2D eigenvalue weighted by atomic mass is 19.5. The van der Waals surface area contributed by atoms with Crippen molar-refractivity contribution in [3.05, 3.63) is 59.2 Å². The topological polar surface area (TPSA) is 45.9 Å². The Morgan fingerprint density at radius 1 is 1.13 bits per heavy atom. The molecule has 0 saturated carbocycles. The minimum absolute atomic E-state index is 0.164. The van der Waals surface area contributed by atoms with Gasteiger partial charge in [-0.15, -0.1) is 5.43 Å². The predicted octanol–water partition coefficient (Wildman–Crippen LogP) is 2.98. The standard InChI is InChI=1S/C14H15N3O.BF4/c1-10-7-11(2)17(12(3)8-10)16-14(18)13-5-4-6-15-9-13;2-1(3,4)5/h4-9H,1-3H3;/q;-1/p+1. The van der Waals surface area contributed by atoms with Gasteiger partial charge in [0.1, 0.15) is 0 Å². The van der Waals surface area contributed by atoms with Gasteiger partial charge in [0, 0.05) is 38.4 Å². The summed E-state index contributed by atoms with van der Waals surface area (Å²) in [7, 11) is -6.00. The highest BCUT2D eigenvalue weighted by molar-refractivity contribution is 6.50. The van der Waals surface area contributed by atoms with Gasteiger partial charge in [0.25, 0.3) is 0 Å². The number of aryl methyl sites for hydroxylation is 3. The highest BCUT2D eigenvalue weighted by Gasteiger charge is 2.20. The average molecular weight is 329 g/mol. The maximum atomic E-state index is 12.0. The van der Waals surface area contributed by atoms with Crippen LogP contribution in [0.25, 0.3) is 0 Å². The second kappa shape index (κ2) is 7.71. The maximum Gasteiger partial charge on any atom is 0.673 e. The van der Waals surface area contributed by atoms with Crippen LogP contribution in [0.4, 0.5) is 17.3 Å². The number of rotatable bonds is 2. The van der Waals surface area contributed by atoms with Gasteiger partial charge in [-0.25, -0.2) is 0 Å². The van der Waals surface area contributed by atoms with Crippen LogP contribution in [0, 0.1) is 20.8 Å². The first-order valence-corrected chi connectivity index (χ1v) is 6.66. The molecule has 0 radical (unpaired) electrons. The molecule has 0 aliphatic heterocycles. The largest absolute Gasteiger partial charge is 0.673 e. The van der Waals surface area contributed by atoms with Crippen LogP contribution in [-0.2, 0) is 0 Å². The first-order valence-electron chi connectivity index (χ1n) is 6.66. The van der Waals surface area contributed by atoms with Crippen LogP contribution in [0.3, 0.4) is 0 Å². The Morgan fingerprint density at radius 2 is 1.65 bits per heavy atom. The predicted molar refractivity (Wildman–Crippen MR) is 79.0 cm³/mol. The number of carbonyl (C=O) groups excluding carboxylic acids is 1. The van der Waals surface area contributed by atoms with Crippen LogP contribution >= 0.6 is 0 Å². The van der Waals surface area contributed by atoms with E-state index in [0.717, 1.165) is 11.4 Å². The molecule has 0 aliphatic carbocycles. The van der Waals surface area contributed by atoms with Gasteiger partial charge in [-0.3, -0.25) is 9.78 Å². The van der Waals surface area contributed by atoms with Crippen LogP contribution in [0.2, 0.25) is 0 Å². The Labute approximate surface area is 131 Å². The first kappa shape index (κ1) is 18.6. The quantitative estimate of drug-likeness (QED) is 0.523. The second-order valence-corrected chi connectivity index (χ2v) is 4.83. The van der Waals surface area contributed by atoms with E-state index in [-0.39, 0.29) is 5.91 Å². The Balaban J connectivity index is 0.000000463. The summed E-state index contributed by atoms with van der Waals surface area (Å²) in [5, 5.41) is 0. The normalized spacial score (nSPS) is 10.6. The van der Waals surface area contributed by atoms with E-state index in [1.54, 1.807) is 29.2 Å². The summed E-state index contributed by atoms with van der Waals surface area (Å²) in [6.45, 7) is 5.96. The van der Waals surface area contributed by atoms with Gasteiger partial charge in [0.2, 0.25) is 11.4 Å². The van der Waals surface area contributed by atoms with E-state index in [9.17, 15) is 22.1 Å². The zero-order chi connectivity index (χ0) is 17.6. The summed E-state index contributed by atoms with van der Waals surface area (Å²) in [5.74, 6) is -0.164. The molecule has 0 saturated heterocycles. The zero-order valence-corrected chi connectivity index (χ0v) is 12.9. The van der Waals surface area contributed by atoms with Crippen molar-refractivity contribution < 1.29 is 26.7 Å². The molecular weight excluding hydrogens is 313 g/mol. The highest BCUT2D eigenvalue weighted by Crippen LogP contribution is 2.06. The van der Waals surface area contributed by atoms with Crippen LogP contribution < -0.4 is 10.1 Å². The number of pyridine rings is 2. The van der Waals surface area contributed by atoms with Crippen LogP contribution in [0.5, 0.6) is 0 Å². The summed E-state index contributed by atoms with van der Waals surface area (Å²) < 4.78 is 40.8. The van der Waals surface area contributed by atoms with Crippen LogP contribution in [0.15, 0.2) is 36.7 Å². The summed E-state index contributed by atoms with van der Waals surface area (Å²) in [4.78, 5) is 16.0. The third-order valence-electron chi connectivity index (χ3n) is 2.72. The van der Waals surface area contributed by atoms with Gasteiger partial charge in [-0.1, -0.05) is 4.68 Å². The minimum Gasteiger partial charge on any atom is -0.418 e. The van der Waals surface area contributed by atoms with Gasteiger partial charge in [0.15, 0.2) is 0 Å². The van der Waals surface area contributed by atoms with Gasteiger partial charge >= 0.3 is 13.2 Å². The monoisotopic (exact) mass is 329 g/mol. The molecule has 0 atom stereocenters. The fraction of sp³-hybridized carbons (Fsp3) is 0.214. The number of amides is 1. The fourth-order valence-corrected chi connectivity index (χ4v) is 1.95. The van der Waals surface area contributed by atoms with Gasteiger partial charge < -0.3 is 17.3 Å². The number of halogens is 4. The fourth-order valence-electron chi connectivity index (χ4n) is 1.95. The van der Waals surface area contributed by atoms with Crippen molar-refractivity contribution in [2.75, 3.05) is 5.43 Å². The van der Waals surface area contributed by atoms with Crippen molar-refractivity contribution in [1.82, 2.24) is 4.98 Å². The lowest BCUT2D eigenvalue weighted by Gasteiger charge is -2.05. The van der Waals surface area contributed by atoms with E-state index in [1.807, 2.05) is 32.9 Å². The lowest BCUT2D eigenvalue weighted by atomic mass is 10.2. The number of nitrogens with one attached hydrogen (secondary N) is 1. The van der Waals surface area contributed by atoms with Crippen molar-refractivity contribution in [2.45, 2.75) is 20.8 Å². The Bertz CT molecular complexity index is 648. The molecule has 1 N–H and O–H groups in total. The number of hydrogen-bond donors (Lipinski definition) is 1. The number of nitrogens with zero attached hydrogens (tertiary/aromatic N) is 2. The molecule has 0 bridgehead atoms. The van der Waals surface area contributed by atoms with E-state index in [0.29, 0.717) is 5.56 Å². The minimum atomic E-state index is -6.00. The molecule has 2 rings (SSSR count). The van der Waals surface area contributed by atoms with Gasteiger partial charge in [-0.2, -0.15) is 0 Å². The van der Waals surface area contributed by atoms with E-state index in [2.05, 4.69) is 10.4 Å². The van der Waals surface area contributed by atoms with Crippen molar-refractivity contribution in [2.24, 2.45) is 0 Å². The Morgan fingerprint density at radius 3 is 2.09 bits per heavy atom. The number of carbonyl (C=O) groups is 1. The summed E-state index contributed by atoms with van der Waals surface area (Å²) in [5.41, 5.74) is 6.56. The van der Waals surface area contributed by atoms with E-state index >= 15 is 0 Å². The average Bonchev–Trinajstić information content (AvgIpc) is 2.41. The molecular formula is C14H16BF4N3O. The molecule has 2 heterocycles. The molecule has 23 heavy (non-hydrogen) atoms. The molecule has 2 aromatic heterocycles. The molecule has 0 aliphatic rings. The smallest absolute Gasteiger partial charge is 0.418 e. The van der Waals surface area contributed by atoms with Crippen molar-refractivity contribution in [3.63, 3.8) is 0 Å². The van der Waals surface area contributed by atoms with Gasteiger partial charge in [0.05, 0.1) is 5.56 Å². The van der Waals surface area contributed by atoms with E-state index < -0.39 is 7.25 Å². The molecule has 0 fully saturated rings. The molecule has 9 heteroatoms. The van der Waals surface area contributed by atoms with Crippen molar-refractivity contribution in [1.29, 1.82) is 0 Å². The number of aromatic nitrogens is 2. The summed E-state index contributed by atoms with van der Waals surface area (Å²) >= 11 is 0. The van der Waals surface area contributed by atoms with Crippen molar-refractivity contribution in [3.8, 4) is 0 Å². The molecule has 0 spiro atoms. The maximum absolute atomic E-state index is 12.0. The van der Waals surface area contributed by atoms with Crippen LogP contribution in [0.1, 0.15) is 27.3 Å². The second-order valence-electron chi connectivity index (χ2n) is 4.83. The van der Waals surface area contributed by atoms with Crippen molar-refractivity contribution >= 4 is 13.2 Å². The third kappa shape index (κ3) is 6.90. The molecule has 2 aromatic rings. The summed E-state index contributed by atoms with van der Waals surface area (Å²) in [6.07, 6.45) is 3.20. The lowest BCUT2D eigenvalue weighted by Crippen LogP contribution is -2.53. The Hall–Kier alpha value is -2.45. The molecule has 1 amide bonds. The lowest BCUT2D eigenvalue weighted by molar-refractivity contribution is -0.654. The van der Waals surface area contributed by atoms with E-state index in [4.69, 9.17) is 0 Å². The zero-order valence-electron chi connectivity index (χ0n) is 12.9. The number of hydrogen-bond acceptors (Lipinski definition) is 2. The summed E-state index contributed by atoms with van der Waals surface area (Å²) in [6, 6.07) is 7.53. The molecule has 124 valence electrons. The first-order chi connectivity index (χ1) is 10.6. The molecule has 0 aromatic carbocycles. The molecule has 0 unspecified atom stereocenters. The third-order valence-corrected chi connectivity index (χ3v) is 2.72.